The number of methoxy groups -OCH3 is 1. The van der Waals surface area contributed by atoms with Crippen LogP contribution in [0.5, 0.6) is 5.75 Å². The summed E-state index contributed by atoms with van der Waals surface area (Å²) in [5.41, 5.74) is 0.139. The van der Waals surface area contributed by atoms with Crippen molar-refractivity contribution in [3.8, 4) is 5.75 Å². The highest BCUT2D eigenvalue weighted by Gasteiger charge is 2.20. The van der Waals surface area contributed by atoms with Crippen molar-refractivity contribution in [2.75, 3.05) is 12.4 Å². The van der Waals surface area contributed by atoms with Gasteiger partial charge < -0.3 is 10.1 Å². The third kappa shape index (κ3) is 1.67. The predicted molar refractivity (Wildman–Crippen MR) is 59.5 cm³/mol. The summed E-state index contributed by atoms with van der Waals surface area (Å²) in [5.74, 6) is 0.110. The molecule has 5 heteroatoms. The van der Waals surface area contributed by atoms with Crippen LogP contribution in [0.15, 0.2) is 34.1 Å². The Morgan fingerprint density at radius 1 is 1.25 bits per heavy atom. The Kier molecular flexibility index (Phi) is 2.68. The van der Waals surface area contributed by atoms with Crippen LogP contribution in [-0.2, 0) is 6.54 Å². The van der Waals surface area contributed by atoms with E-state index in [4.69, 9.17) is 4.74 Å². The number of rotatable bonds is 4. The van der Waals surface area contributed by atoms with Crippen LogP contribution in [-0.4, -0.2) is 12.1 Å². The van der Waals surface area contributed by atoms with Gasteiger partial charge >= 0.3 is 0 Å². The first-order valence-corrected chi connectivity index (χ1v) is 4.74. The van der Waals surface area contributed by atoms with Crippen LogP contribution in [0.4, 0.5) is 5.69 Å². The summed E-state index contributed by atoms with van der Waals surface area (Å²) in [6, 6.07) is 3.65. The molecule has 5 nitrogen and oxygen atoms in total. The maximum Gasteiger partial charge on any atom is 0.271 e. The summed E-state index contributed by atoms with van der Waals surface area (Å²) in [7, 11) is 1.37. The fourth-order valence-corrected chi connectivity index (χ4v) is 1.42. The van der Waals surface area contributed by atoms with Gasteiger partial charge in [-0.25, -0.2) is 0 Å². The van der Waals surface area contributed by atoms with Crippen LogP contribution < -0.4 is 20.9 Å². The van der Waals surface area contributed by atoms with Crippen molar-refractivity contribution in [3.05, 3.63) is 50.5 Å². The zero-order valence-electron chi connectivity index (χ0n) is 8.69. The fourth-order valence-electron chi connectivity index (χ4n) is 1.42. The number of nitrogens with zero attached hydrogens (tertiary/aromatic N) is 1. The predicted octanol–water partition coefficient (Wildman–Crippen LogP) is 0.298. The Bertz CT molecular complexity index is 556. The van der Waals surface area contributed by atoms with Crippen LogP contribution in [0.2, 0.25) is 0 Å². The molecule has 0 radical (unpaired) electrons. The van der Waals surface area contributed by atoms with E-state index in [9.17, 15) is 9.59 Å². The molecule has 16 heavy (non-hydrogen) atoms. The van der Waals surface area contributed by atoms with E-state index in [0.29, 0.717) is 6.54 Å². The second-order valence-electron chi connectivity index (χ2n) is 3.28. The van der Waals surface area contributed by atoms with Gasteiger partial charge in [-0.05, 0) is 17.7 Å². The van der Waals surface area contributed by atoms with E-state index in [1.165, 1.54) is 7.11 Å². The van der Waals surface area contributed by atoms with E-state index >= 15 is 0 Å². The van der Waals surface area contributed by atoms with Crippen molar-refractivity contribution in [1.82, 2.24) is 4.98 Å². The van der Waals surface area contributed by atoms with E-state index in [1.54, 1.807) is 12.4 Å². The molecule has 1 N–H and O–H groups in total. The molecule has 2 aromatic rings. The van der Waals surface area contributed by atoms with Crippen molar-refractivity contribution in [2.24, 2.45) is 0 Å². The second kappa shape index (κ2) is 4.14. The van der Waals surface area contributed by atoms with E-state index in [-0.39, 0.29) is 11.4 Å². The van der Waals surface area contributed by atoms with Gasteiger partial charge in [0.25, 0.3) is 10.9 Å². The van der Waals surface area contributed by atoms with Gasteiger partial charge in [0, 0.05) is 18.9 Å². The SMILES string of the molecule is COc1c(NCc2ccncc2)c(=O)c1=O. The molecule has 0 aliphatic heterocycles. The maximum absolute atomic E-state index is 11.2. The normalized spacial score (nSPS) is 10.3. The Morgan fingerprint density at radius 3 is 2.56 bits per heavy atom. The van der Waals surface area contributed by atoms with Crippen molar-refractivity contribution < 1.29 is 4.74 Å². The number of aromatic nitrogens is 1. The molecule has 0 aliphatic rings. The summed E-state index contributed by atoms with van der Waals surface area (Å²) in [4.78, 5) is 26.1. The molecule has 0 saturated heterocycles. The molecular weight excluding hydrogens is 208 g/mol. The van der Waals surface area contributed by atoms with Gasteiger partial charge in [0.1, 0.15) is 5.69 Å². The van der Waals surface area contributed by atoms with E-state index in [0.717, 1.165) is 5.56 Å². The Labute approximate surface area is 91.4 Å². The molecule has 0 bridgehead atoms. The summed E-state index contributed by atoms with van der Waals surface area (Å²) in [6.07, 6.45) is 3.33. The smallest absolute Gasteiger partial charge is 0.271 e. The first-order chi connectivity index (χ1) is 7.74. The topological polar surface area (TPSA) is 68.3 Å². The van der Waals surface area contributed by atoms with Crippen LogP contribution >= 0.6 is 0 Å². The average Bonchev–Trinajstić information content (AvgIpc) is 2.34. The lowest BCUT2D eigenvalue weighted by Crippen LogP contribution is -2.35. The highest BCUT2D eigenvalue weighted by molar-refractivity contribution is 5.61. The van der Waals surface area contributed by atoms with Gasteiger partial charge in [-0.15, -0.1) is 0 Å². The second-order valence-corrected chi connectivity index (χ2v) is 3.28. The van der Waals surface area contributed by atoms with Crippen molar-refractivity contribution >= 4 is 5.69 Å². The number of anilines is 1. The highest BCUT2D eigenvalue weighted by atomic mass is 16.5. The summed E-state index contributed by atoms with van der Waals surface area (Å²) < 4.78 is 4.80. The molecule has 1 aromatic carbocycles. The third-order valence-corrected chi connectivity index (χ3v) is 2.29. The van der Waals surface area contributed by atoms with Crippen LogP contribution in [0.1, 0.15) is 5.56 Å². The number of hydrogen-bond donors (Lipinski definition) is 1. The number of ether oxygens (including phenoxy) is 1. The van der Waals surface area contributed by atoms with E-state index < -0.39 is 10.9 Å². The molecular formula is C11H10N2O3. The zero-order chi connectivity index (χ0) is 11.5. The summed E-state index contributed by atoms with van der Waals surface area (Å²) in [6.45, 7) is 0.462. The van der Waals surface area contributed by atoms with Crippen LogP contribution in [0.3, 0.4) is 0 Å². The lowest BCUT2D eigenvalue weighted by Gasteiger charge is -2.11. The largest absolute Gasteiger partial charge is 0.491 e. The van der Waals surface area contributed by atoms with Gasteiger partial charge in [0.2, 0.25) is 0 Å². The van der Waals surface area contributed by atoms with Gasteiger partial charge in [-0.1, -0.05) is 0 Å². The molecule has 2 rings (SSSR count). The first kappa shape index (κ1) is 10.4. The van der Waals surface area contributed by atoms with Crippen molar-refractivity contribution in [3.63, 3.8) is 0 Å². The molecule has 0 unspecified atom stereocenters. The quantitative estimate of drug-likeness (QED) is 0.747. The maximum atomic E-state index is 11.2. The molecule has 82 valence electrons. The molecule has 0 atom stereocenters. The number of nitrogens with one attached hydrogen (secondary N) is 1. The van der Waals surface area contributed by atoms with E-state index in [1.807, 2.05) is 12.1 Å². The fraction of sp³-hybridized carbons (Fsp3) is 0.182. The summed E-state index contributed by atoms with van der Waals surface area (Å²) in [5, 5.41) is 2.87. The minimum atomic E-state index is -0.570. The van der Waals surface area contributed by atoms with Gasteiger partial charge in [0.15, 0.2) is 5.75 Å². The Morgan fingerprint density at radius 2 is 1.94 bits per heavy atom. The van der Waals surface area contributed by atoms with Gasteiger partial charge in [0.05, 0.1) is 7.11 Å². The van der Waals surface area contributed by atoms with Crippen LogP contribution in [0.25, 0.3) is 0 Å². The van der Waals surface area contributed by atoms with Gasteiger partial charge in [-0.2, -0.15) is 0 Å². The van der Waals surface area contributed by atoms with Crippen LogP contribution in [0, 0.1) is 0 Å². The lowest BCUT2D eigenvalue weighted by atomic mass is 10.2. The van der Waals surface area contributed by atoms with Crippen molar-refractivity contribution in [2.45, 2.75) is 6.54 Å². The Hall–Kier alpha value is -2.17. The highest BCUT2D eigenvalue weighted by Crippen LogP contribution is 2.17. The number of hydrogen-bond acceptors (Lipinski definition) is 5. The monoisotopic (exact) mass is 218 g/mol. The zero-order valence-corrected chi connectivity index (χ0v) is 8.69. The molecule has 1 aromatic heterocycles. The third-order valence-electron chi connectivity index (χ3n) is 2.29. The number of pyridine rings is 1. The molecule has 1 heterocycles. The first-order valence-electron chi connectivity index (χ1n) is 4.74. The Balaban J connectivity index is 2.09. The molecule has 0 fully saturated rings. The standard InChI is InChI=1S/C11H10N2O3/c1-16-11-8(9(14)10(11)15)13-6-7-2-4-12-5-3-7/h2-5,13H,6H2,1H3. The van der Waals surface area contributed by atoms with Crippen molar-refractivity contribution in [1.29, 1.82) is 0 Å². The molecule has 0 aliphatic carbocycles. The summed E-state index contributed by atoms with van der Waals surface area (Å²) >= 11 is 0. The lowest BCUT2D eigenvalue weighted by molar-refractivity contribution is 0.407. The minimum Gasteiger partial charge on any atom is -0.491 e. The average molecular weight is 218 g/mol. The van der Waals surface area contributed by atoms with E-state index in [2.05, 4.69) is 10.3 Å². The van der Waals surface area contributed by atoms with Gasteiger partial charge in [-0.3, -0.25) is 14.6 Å². The molecule has 0 saturated carbocycles. The minimum absolute atomic E-state index is 0.110. The molecule has 0 spiro atoms. The molecule has 0 amide bonds.